The van der Waals surface area contributed by atoms with Crippen molar-refractivity contribution in [3.63, 3.8) is 0 Å². The number of ketones is 3. The summed E-state index contributed by atoms with van der Waals surface area (Å²) in [6, 6.07) is 9.55. The SMILES string of the molecule is CC(C)C(=O)C1C(=O)CC(c2ccccc2)CC1=O. The van der Waals surface area contributed by atoms with E-state index in [4.69, 9.17) is 0 Å². The van der Waals surface area contributed by atoms with Crippen molar-refractivity contribution < 1.29 is 14.4 Å². The number of benzene rings is 1. The van der Waals surface area contributed by atoms with Gasteiger partial charge in [0.25, 0.3) is 0 Å². The molecule has 0 saturated heterocycles. The first-order chi connectivity index (χ1) is 9.00. The van der Waals surface area contributed by atoms with Crippen molar-refractivity contribution in [2.24, 2.45) is 11.8 Å². The van der Waals surface area contributed by atoms with Gasteiger partial charge in [0.2, 0.25) is 0 Å². The summed E-state index contributed by atoms with van der Waals surface area (Å²) in [7, 11) is 0. The molecule has 1 aliphatic carbocycles. The molecule has 0 aromatic heterocycles. The zero-order chi connectivity index (χ0) is 14.0. The van der Waals surface area contributed by atoms with Crippen LogP contribution in [0, 0.1) is 11.8 Å². The number of hydrogen-bond acceptors (Lipinski definition) is 3. The van der Waals surface area contributed by atoms with Gasteiger partial charge in [-0.25, -0.2) is 0 Å². The van der Waals surface area contributed by atoms with Gasteiger partial charge in [-0.15, -0.1) is 0 Å². The highest BCUT2D eigenvalue weighted by Gasteiger charge is 2.40. The number of carbonyl (C=O) groups is 3. The third-order valence-electron chi connectivity index (χ3n) is 3.66. The highest BCUT2D eigenvalue weighted by molar-refractivity contribution is 6.21. The minimum absolute atomic E-state index is 0.0718. The second-order valence-electron chi connectivity index (χ2n) is 5.44. The molecule has 0 spiro atoms. The number of carbonyl (C=O) groups excluding carboxylic acids is 3. The van der Waals surface area contributed by atoms with Crippen LogP contribution >= 0.6 is 0 Å². The summed E-state index contributed by atoms with van der Waals surface area (Å²) in [4.78, 5) is 36.1. The minimum atomic E-state index is -1.01. The van der Waals surface area contributed by atoms with E-state index in [1.807, 2.05) is 30.3 Å². The minimum Gasteiger partial charge on any atom is -0.298 e. The molecule has 0 heterocycles. The molecule has 0 bridgehead atoms. The molecular weight excluding hydrogens is 240 g/mol. The van der Waals surface area contributed by atoms with Crippen molar-refractivity contribution in [3.8, 4) is 0 Å². The van der Waals surface area contributed by atoms with Crippen molar-refractivity contribution in [1.82, 2.24) is 0 Å². The normalized spacial score (nSPS) is 23.7. The first-order valence-corrected chi connectivity index (χ1v) is 6.64. The van der Waals surface area contributed by atoms with Crippen molar-refractivity contribution in [3.05, 3.63) is 35.9 Å². The maximum atomic E-state index is 12.1. The molecule has 2 rings (SSSR count). The molecule has 0 amide bonds. The molecule has 1 aliphatic rings. The molecule has 19 heavy (non-hydrogen) atoms. The van der Waals surface area contributed by atoms with E-state index in [2.05, 4.69) is 0 Å². The van der Waals surface area contributed by atoms with Crippen LogP contribution in [0.2, 0.25) is 0 Å². The van der Waals surface area contributed by atoms with E-state index >= 15 is 0 Å². The van der Waals surface area contributed by atoms with E-state index in [1.165, 1.54) is 0 Å². The molecular formula is C16H18O3. The zero-order valence-corrected chi connectivity index (χ0v) is 11.3. The zero-order valence-electron chi connectivity index (χ0n) is 11.3. The first kappa shape index (κ1) is 13.7. The van der Waals surface area contributed by atoms with E-state index < -0.39 is 5.92 Å². The van der Waals surface area contributed by atoms with Gasteiger partial charge >= 0.3 is 0 Å². The van der Waals surface area contributed by atoms with Crippen LogP contribution in [0.1, 0.15) is 38.2 Å². The molecule has 0 atom stereocenters. The lowest BCUT2D eigenvalue weighted by molar-refractivity contribution is -0.143. The fourth-order valence-electron chi connectivity index (χ4n) is 2.58. The van der Waals surface area contributed by atoms with Crippen LogP contribution in [0.15, 0.2) is 30.3 Å². The monoisotopic (exact) mass is 258 g/mol. The summed E-state index contributed by atoms with van der Waals surface area (Å²) in [5.41, 5.74) is 1.000. The van der Waals surface area contributed by atoms with Crippen LogP contribution in [0.3, 0.4) is 0 Å². The van der Waals surface area contributed by atoms with Gasteiger partial charge in [-0.1, -0.05) is 44.2 Å². The van der Waals surface area contributed by atoms with E-state index in [0.717, 1.165) is 5.56 Å². The second kappa shape index (κ2) is 5.47. The summed E-state index contributed by atoms with van der Waals surface area (Å²) in [6.07, 6.45) is 0.581. The lowest BCUT2D eigenvalue weighted by Crippen LogP contribution is -2.39. The maximum absolute atomic E-state index is 12.1. The molecule has 0 radical (unpaired) electrons. The molecule has 3 nitrogen and oxygen atoms in total. The van der Waals surface area contributed by atoms with E-state index in [0.29, 0.717) is 12.8 Å². The summed E-state index contributed by atoms with van der Waals surface area (Å²) >= 11 is 0. The Kier molecular flexibility index (Phi) is 3.93. The van der Waals surface area contributed by atoms with E-state index in [1.54, 1.807) is 13.8 Å². The van der Waals surface area contributed by atoms with Gasteiger partial charge in [0, 0.05) is 18.8 Å². The Balaban J connectivity index is 2.18. The summed E-state index contributed by atoms with van der Waals surface area (Å²) in [6.45, 7) is 3.46. The molecule has 0 N–H and O–H groups in total. The topological polar surface area (TPSA) is 51.2 Å². The Morgan fingerprint density at radius 3 is 2.05 bits per heavy atom. The fourth-order valence-corrected chi connectivity index (χ4v) is 2.58. The van der Waals surface area contributed by atoms with Crippen LogP contribution in [-0.4, -0.2) is 17.3 Å². The average Bonchev–Trinajstić information content (AvgIpc) is 2.38. The summed E-state index contributed by atoms with van der Waals surface area (Å²) < 4.78 is 0. The first-order valence-electron chi connectivity index (χ1n) is 6.64. The van der Waals surface area contributed by atoms with Crippen LogP contribution in [-0.2, 0) is 14.4 Å². The summed E-state index contributed by atoms with van der Waals surface area (Å²) in [5.74, 6) is -2.03. The van der Waals surface area contributed by atoms with Gasteiger partial charge in [0.15, 0.2) is 17.3 Å². The molecule has 1 aromatic rings. The van der Waals surface area contributed by atoms with Crippen molar-refractivity contribution in [1.29, 1.82) is 0 Å². The van der Waals surface area contributed by atoms with Gasteiger partial charge < -0.3 is 0 Å². The number of rotatable bonds is 3. The van der Waals surface area contributed by atoms with E-state index in [-0.39, 0.29) is 29.2 Å². The lowest BCUT2D eigenvalue weighted by Gasteiger charge is -2.26. The Morgan fingerprint density at radius 2 is 1.58 bits per heavy atom. The third kappa shape index (κ3) is 2.80. The van der Waals surface area contributed by atoms with Crippen molar-refractivity contribution in [2.75, 3.05) is 0 Å². The van der Waals surface area contributed by atoms with Crippen LogP contribution in [0.5, 0.6) is 0 Å². The van der Waals surface area contributed by atoms with Crippen LogP contribution in [0.25, 0.3) is 0 Å². The third-order valence-corrected chi connectivity index (χ3v) is 3.66. The summed E-state index contributed by atoms with van der Waals surface area (Å²) in [5, 5.41) is 0. The number of hydrogen-bond donors (Lipinski definition) is 0. The molecule has 0 unspecified atom stereocenters. The molecule has 0 aliphatic heterocycles. The Labute approximate surface area is 113 Å². The van der Waals surface area contributed by atoms with E-state index in [9.17, 15) is 14.4 Å². The smallest absolute Gasteiger partial charge is 0.153 e. The molecule has 3 heteroatoms. The van der Waals surface area contributed by atoms with Gasteiger partial charge in [-0.3, -0.25) is 14.4 Å². The predicted molar refractivity (Wildman–Crippen MR) is 71.8 cm³/mol. The van der Waals surface area contributed by atoms with Crippen LogP contribution in [0.4, 0.5) is 0 Å². The maximum Gasteiger partial charge on any atom is 0.153 e. The largest absolute Gasteiger partial charge is 0.298 e. The average molecular weight is 258 g/mol. The highest BCUT2D eigenvalue weighted by atomic mass is 16.2. The fraction of sp³-hybridized carbons (Fsp3) is 0.438. The molecule has 1 aromatic carbocycles. The highest BCUT2D eigenvalue weighted by Crippen LogP contribution is 2.32. The van der Waals surface area contributed by atoms with Gasteiger partial charge in [0.1, 0.15) is 5.92 Å². The predicted octanol–water partition coefficient (Wildman–Crippen LogP) is 2.54. The Bertz CT molecular complexity index is 484. The Morgan fingerprint density at radius 1 is 1.05 bits per heavy atom. The quantitative estimate of drug-likeness (QED) is 0.783. The lowest BCUT2D eigenvalue weighted by atomic mass is 9.74. The van der Waals surface area contributed by atoms with Gasteiger partial charge in [0.05, 0.1) is 0 Å². The standard InChI is InChI=1S/C16H18O3/c1-10(2)16(19)15-13(17)8-12(9-14(15)18)11-6-4-3-5-7-11/h3-7,10,12,15H,8-9H2,1-2H3. The van der Waals surface area contributed by atoms with Crippen LogP contribution < -0.4 is 0 Å². The second-order valence-corrected chi connectivity index (χ2v) is 5.44. The van der Waals surface area contributed by atoms with Gasteiger partial charge in [-0.05, 0) is 11.5 Å². The van der Waals surface area contributed by atoms with Crippen molar-refractivity contribution in [2.45, 2.75) is 32.6 Å². The molecule has 1 fully saturated rings. The molecule has 1 saturated carbocycles. The van der Waals surface area contributed by atoms with Crippen molar-refractivity contribution >= 4 is 17.3 Å². The molecule has 100 valence electrons. The van der Waals surface area contributed by atoms with Gasteiger partial charge in [-0.2, -0.15) is 0 Å². The Hall–Kier alpha value is -1.77. The number of Topliss-reactive ketones (excluding diaryl/α,β-unsaturated/α-hetero) is 3.